The van der Waals surface area contributed by atoms with E-state index < -0.39 is 0 Å². The molecular formula is C22H33NO2. The number of hydrogen-bond acceptors (Lipinski definition) is 3. The van der Waals surface area contributed by atoms with Crippen LogP contribution in [0.15, 0.2) is 36.4 Å². The maximum absolute atomic E-state index is 12.8. The monoisotopic (exact) mass is 343 g/mol. The summed E-state index contributed by atoms with van der Waals surface area (Å²) in [5, 5.41) is 0. The lowest BCUT2D eigenvalue weighted by atomic mass is 9.83. The summed E-state index contributed by atoms with van der Waals surface area (Å²) < 4.78 is 5.78. The number of carbonyl (C=O) groups is 1. The summed E-state index contributed by atoms with van der Waals surface area (Å²) in [6, 6.07) is 10.2. The molecule has 0 heterocycles. The summed E-state index contributed by atoms with van der Waals surface area (Å²) in [4.78, 5) is 15.2. The lowest BCUT2D eigenvalue weighted by Gasteiger charge is -2.32. The van der Waals surface area contributed by atoms with E-state index >= 15 is 0 Å². The fourth-order valence-corrected chi connectivity index (χ4v) is 3.54. The van der Waals surface area contributed by atoms with Gasteiger partial charge in [-0.2, -0.15) is 0 Å². The van der Waals surface area contributed by atoms with E-state index in [-0.39, 0.29) is 17.3 Å². The second-order valence-corrected chi connectivity index (χ2v) is 7.74. The van der Waals surface area contributed by atoms with Crippen molar-refractivity contribution in [2.75, 3.05) is 26.2 Å². The van der Waals surface area contributed by atoms with Crippen LogP contribution in [-0.2, 0) is 9.53 Å². The predicted octanol–water partition coefficient (Wildman–Crippen LogP) is 4.78. The molecular weight excluding hydrogens is 310 g/mol. The lowest BCUT2D eigenvalue weighted by molar-refractivity contribution is -0.150. The second kappa shape index (κ2) is 9.19. The number of nitrogens with zero attached hydrogens (tertiary/aromatic N) is 1. The van der Waals surface area contributed by atoms with E-state index in [1.54, 1.807) is 0 Å². The molecule has 0 saturated carbocycles. The van der Waals surface area contributed by atoms with E-state index in [0.717, 1.165) is 50.0 Å². The summed E-state index contributed by atoms with van der Waals surface area (Å²) >= 11 is 0. The van der Waals surface area contributed by atoms with Gasteiger partial charge >= 0.3 is 5.97 Å². The molecule has 1 unspecified atom stereocenters. The van der Waals surface area contributed by atoms with Crippen LogP contribution in [0.1, 0.15) is 52.5 Å². The first kappa shape index (κ1) is 19.7. The Balaban J connectivity index is 1.99. The molecule has 0 amide bonds. The van der Waals surface area contributed by atoms with Crippen molar-refractivity contribution in [1.82, 2.24) is 4.90 Å². The molecule has 138 valence electrons. The molecule has 25 heavy (non-hydrogen) atoms. The first-order chi connectivity index (χ1) is 12.0. The third kappa shape index (κ3) is 5.71. The Bertz CT molecular complexity index is 573. The normalized spacial score (nSPS) is 18.1. The summed E-state index contributed by atoms with van der Waals surface area (Å²) in [5.74, 6) is -0.192. The molecule has 3 nitrogen and oxygen atoms in total. The van der Waals surface area contributed by atoms with Gasteiger partial charge in [0, 0.05) is 12.0 Å². The van der Waals surface area contributed by atoms with Crippen molar-refractivity contribution in [1.29, 1.82) is 0 Å². The van der Waals surface area contributed by atoms with Gasteiger partial charge in [0.25, 0.3) is 0 Å². The minimum atomic E-state index is -0.125. The van der Waals surface area contributed by atoms with E-state index in [1.807, 2.05) is 18.2 Å². The zero-order valence-electron chi connectivity index (χ0n) is 16.3. The van der Waals surface area contributed by atoms with Crippen LogP contribution in [0.2, 0.25) is 0 Å². The Kier molecular flexibility index (Phi) is 7.24. The highest BCUT2D eigenvalue weighted by molar-refractivity contribution is 5.89. The zero-order valence-corrected chi connectivity index (χ0v) is 16.3. The number of allylic oxidation sites excluding steroid dienone is 1. The molecule has 2 rings (SSSR count). The van der Waals surface area contributed by atoms with Crippen LogP contribution < -0.4 is 0 Å². The van der Waals surface area contributed by atoms with Gasteiger partial charge in [-0.1, -0.05) is 64.1 Å². The van der Waals surface area contributed by atoms with Crippen molar-refractivity contribution in [3.05, 3.63) is 42.0 Å². The second-order valence-electron chi connectivity index (χ2n) is 7.74. The molecule has 1 atom stereocenters. The number of rotatable bonds is 8. The fourth-order valence-electron chi connectivity index (χ4n) is 3.54. The van der Waals surface area contributed by atoms with E-state index in [4.69, 9.17) is 4.74 Å². The fraction of sp³-hybridized carbons (Fsp3) is 0.591. The Morgan fingerprint density at radius 3 is 2.52 bits per heavy atom. The molecule has 0 radical (unpaired) electrons. The van der Waals surface area contributed by atoms with Crippen LogP contribution in [0.25, 0.3) is 5.57 Å². The number of hydrogen-bond donors (Lipinski definition) is 0. The molecule has 1 aliphatic carbocycles. The van der Waals surface area contributed by atoms with Crippen LogP contribution >= 0.6 is 0 Å². The quantitative estimate of drug-likeness (QED) is 0.636. The van der Waals surface area contributed by atoms with Gasteiger partial charge in [-0.25, -0.2) is 0 Å². The Morgan fingerprint density at radius 2 is 1.88 bits per heavy atom. The largest absolute Gasteiger partial charge is 0.465 e. The van der Waals surface area contributed by atoms with Gasteiger partial charge in [0.2, 0.25) is 0 Å². The summed E-state index contributed by atoms with van der Waals surface area (Å²) in [5.41, 5.74) is 2.25. The Labute approximate surface area is 153 Å². The average molecular weight is 344 g/mol. The predicted molar refractivity (Wildman–Crippen MR) is 104 cm³/mol. The van der Waals surface area contributed by atoms with Gasteiger partial charge in [-0.3, -0.25) is 4.79 Å². The first-order valence-corrected chi connectivity index (χ1v) is 9.61. The highest BCUT2D eigenvalue weighted by Crippen LogP contribution is 2.33. The van der Waals surface area contributed by atoms with Crippen molar-refractivity contribution in [3.8, 4) is 0 Å². The molecule has 0 aromatic heterocycles. The topological polar surface area (TPSA) is 29.5 Å². The van der Waals surface area contributed by atoms with Crippen molar-refractivity contribution >= 4 is 11.5 Å². The standard InChI is InChI=1S/C22H33NO2/c1-5-23(6-2)16-22(3,4)17-25-21(24)20-15-11-10-14-19(20)18-12-8-7-9-13-18/h7-9,12-14,20H,5-6,10-11,15-17H2,1-4H3. The van der Waals surface area contributed by atoms with Crippen molar-refractivity contribution < 1.29 is 9.53 Å². The lowest BCUT2D eigenvalue weighted by Crippen LogP contribution is -2.38. The van der Waals surface area contributed by atoms with E-state index in [9.17, 15) is 4.79 Å². The van der Waals surface area contributed by atoms with Gasteiger partial charge in [0.1, 0.15) is 0 Å². The van der Waals surface area contributed by atoms with Gasteiger partial charge in [0.05, 0.1) is 12.5 Å². The maximum Gasteiger partial charge on any atom is 0.313 e. The number of benzene rings is 1. The smallest absolute Gasteiger partial charge is 0.313 e. The molecule has 1 aromatic carbocycles. The Morgan fingerprint density at radius 1 is 1.20 bits per heavy atom. The molecule has 3 heteroatoms. The van der Waals surface area contributed by atoms with Crippen molar-refractivity contribution in [2.24, 2.45) is 11.3 Å². The van der Waals surface area contributed by atoms with Crippen LogP contribution in [0.3, 0.4) is 0 Å². The first-order valence-electron chi connectivity index (χ1n) is 9.61. The van der Waals surface area contributed by atoms with Gasteiger partial charge in [0.15, 0.2) is 0 Å². The molecule has 0 saturated heterocycles. The highest BCUT2D eigenvalue weighted by Gasteiger charge is 2.30. The van der Waals surface area contributed by atoms with E-state index in [0.29, 0.717) is 6.61 Å². The molecule has 1 aromatic rings. The number of ether oxygens (including phenoxy) is 1. The molecule has 1 aliphatic rings. The minimum Gasteiger partial charge on any atom is -0.465 e. The average Bonchev–Trinajstić information content (AvgIpc) is 2.65. The number of carbonyl (C=O) groups excluding carboxylic acids is 1. The van der Waals surface area contributed by atoms with E-state index in [1.165, 1.54) is 0 Å². The molecule has 0 fully saturated rings. The Hall–Kier alpha value is -1.61. The zero-order chi connectivity index (χ0) is 18.3. The summed E-state index contributed by atoms with van der Waals surface area (Å²) in [6.45, 7) is 12.2. The molecule has 0 bridgehead atoms. The van der Waals surface area contributed by atoms with Gasteiger partial charge < -0.3 is 9.64 Å². The van der Waals surface area contributed by atoms with E-state index in [2.05, 4.69) is 50.8 Å². The van der Waals surface area contributed by atoms with Crippen LogP contribution in [0, 0.1) is 11.3 Å². The summed E-state index contributed by atoms with van der Waals surface area (Å²) in [7, 11) is 0. The molecule has 0 aliphatic heterocycles. The molecule has 0 N–H and O–H groups in total. The number of esters is 1. The SMILES string of the molecule is CCN(CC)CC(C)(C)COC(=O)C1CCCC=C1c1ccccc1. The summed E-state index contributed by atoms with van der Waals surface area (Å²) in [6.07, 6.45) is 5.20. The van der Waals surface area contributed by atoms with Gasteiger partial charge in [-0.05, 0) is 43.5 Å². The molecule has 0 spiro atoms. The minimum absolute atomic E-state index is 0.0348. The van der Waals surface area contributed by atoms with Crippen LogP contribution in [-0.4, -0.2) is 37.1 Å². The van der Waals surface area contributed by atoms with Crippen molar-refractivity contribution in [3.63, 3.8) is 0 Å². The highest BCUT2D eigenvalue weighted by atomic mass is 16.5. The third-order valence-electron chi connectivity index (χ3n) is 4.98. The van der Waals surface area contributed by atoms with Crippen molar-refractivity contribution in [2.45, 2.75) is 47.0 Å². The maximum atomic E-state index is 12.8. The third-order valence-corrected chi connectivity index (χ3v) is 4.98. The van der Waals surface area contributed by atoms with Crippen LogP contribution in [0.5, 0.6) is 0 Å². The van der Waals surface area contributed by atoms with Gasteiger partial charge in [-0.15, -0.1) is 0 Å². The van der Waals surface area contributed by atoms with Crippen LogP contribution in [0.4, 0.5) is 0 Å².